The second kappa shape index (κ2) is 7.14. The first-order valence-corrected chi connectivity index (χ1v) is 7.64. The van der Waals surface area contributed by atoms with Crippen LogP contribution in [0.2, 0.25) is 0 Å². The Morgan fingerprint density at radius 2 is 2.26 bits per heavy atom. The van der Waals surface area contributed by atoms with E-state index in [0.717, 1.165) is 11.8 Å². The summed E-state index contributed by atoms with van der Waals surface area (Å²) in [6, 6.07) is 5.95. The van der Waals surface area contributed by atoms with E-state index < -0.39 is 17.2 Å². The van der Waals surface area contributed by atoms with Crippen molar-refractivity contribution in [1.29, 1.82) is 0 Å². The molecule has 122 valence electrons. The van der Waals surface area contributed by atoms with Crippen molar-refractivity contribution >= 4 is 29.3 Å². The molecule has 9 heteroatoms. The van der Waals surface area contributed by atoms with Crippen molar-refractivity contribution in [3.8, 4) is 5.95 Å². The topological polar surface area (TPSA) is 119 Å². The zero-order valence-corrected chi connectivity index (χ0v) is 13.3. The average molecular weight is 337 g/mol. The SMILES string of the molecule is CCC(Sc1c([O-])on[n+]1C)C(=O)Nc1cccc(C(=O)O)c1. The van der Waals surface area contributed by atoms with Gasteiger partial charge in [0.25, 0.3) is 5.03 Å². The van der Waals surface area contributed by atoms with Crippen LogP contribution in [-0.4, -0.2) is 27.5 Å². The van der Waals surface area contributed by atoms with Crippen LogP contribution in [0, 0.1) is 0 Å². The molecule has 2 N–H and O–H groups in total. The molecule has 8 nitrogen and oxygen atoms in total. The summed E-state index contributed by atoms with van der Waals surface area (Å²) in [4.78, 5) is 23.3. The Hall–Kier alpha value is -2.55. The lowest BCUT2D eigenvalue weighted by atomic mass is 10.2. The molecule has 0 aliphatic rings. The molecule has 0 saturated heterocycles. The maximum Gasteiger partial charge on any atom is 0.335 e. The van der Waals surface area contributed by atoms with Gasteiger partial charge in [-0.3, -0.25) is 4.79 Å². The van der Waals surface area contributed by atoms with Gasteiger partial charge in [0.05, 0.1) is 16.1 Å². The summed E-state index contributed by atoms with van der Waals surface area (Å²) in [5.74, 6) is -2.01. The molecule has 0 saturated carbocycles. The average Bonchev–Trinajstić information content (AvgIpc) is 2.83. The summed E-state index contributed by atoms with van der Waals surface area (Å²) in [6.45, 7) is 1.81. The van der Waals surface area contributed by atoms with E-state index in [2.05, 4.69) is 15.1 Å². The van der Waals surface area contributed by atoms with Crippen molar-refractivity contribution in [2.45, 2.75) is 23.6 Å². The second-order valence-corrected chi connectivity index (χ2v) is 5.87. The summed E-state index contributed by atoms with van der Waals surface area (Å²) in [5, 5.41) is 26.3. The monoisotopic (exact) mass is 337 g/mol. The molecular formula is C14H15N3O5S. The molecule has 1 unspecified atom stereocenters. The van der Waals surface area contributed by atoms with Gasteiger partial charge in [-0.05, 0) is 36.4 Å². The minimum atomic E-state index is -1.07. The number of amides is 1. The van der Waals surface area contributed by atoms with Crippen LogP contribution in [0.4, 0.5) is 5.69 Å². The molecule has 0 aliphatic carbocycles. The molecule has 2 rings (SSSR count). The van der Waals surface area contributed by atoms with Crippen molar-refractivity contribution < 1.29 is 29.0 Å². The number of anilines is 1. The number of thioether (sulfide) groups is 1. The van der Waals surface area contributed by atoms with E-state index in [1.165, 1.54) is 16.8 Å². The van der Waals surface area contributed by atoms with Gasteiger partial charge < -0.3 is 20.1 Å². The van der Waals surface area contributed by atoms with Gasteiger partial charge in [0.15, 0.2) is 13.0 Å². The fourth-order valence-electron chi connectivity index (χ4n) is 1.84. The Morgan fingerprint density at radius 1 is 1.52 bits per heavy atom. The summed E-state index contributed by atoms with van der Waals surface area (Å²) in [5.41, 5.74) is 0.460. The number of rotatable bonds is 6. The molecule has 0 radical (unpaired) electrons. The van der Waals surface area contributed by atoms with Gasteiger partial charge in [-0.2, -0.15) is 0 Å². The number of hydrogen-bond donors (Lipinski definition) is 2. The minimum absolute atomic E-state index is 0.0794. The van der Waals surface area contributed by atoms with Gasteiger partial charge in [-0.1, -0.05) is 17.7 Å². The third kappa shape index (κ3) is 4.01. The fraction of sp³-hybridized carbons (Fsp3) is 0.286. The minimum Gasteiger partial charge on any atom is -0.538 e. The largest absolute Gasteiger partial charge is 0.538 e. The Kier molecular flexibility index (Phi) is 5.22. The van der Waals surface area contributed by atoms with Crippen LogP contribution in [0.25, 0.3) is 0 Å². The van der Waals surface area contributed by atoms with Crippen molar-refractivity contribution in [2.24, 2.45) is 7.05 Å². The number of carboxylic acid groups (broad SMARTS) is 1. The highest BCUT2D eigenvalue weighted by Crippen LogP contribution is 2.28. The first-order chi connectivity index (χ1) is 10.9. The van der Waals surface area contributed by atoms with Crippen LogP contribution < -0.4 is 15.1 Å². The van der Waals surface area contributed by atoms with Gasteiger partial charge in [-0.25, -0.2) is 4.79 Å². The van der Waals surface area contributed by atoms with E-state index in [1.54, 1.807) is 19.2 Å². The van der Waals surface area contributed by atoms with E-state index in [0.29, 0.717) is 12.1 Å². The van der Waals surface area contributed by atoms with E-state index in [4.69, 9.17) is 5.11 Å². The maximum atomic E-state index is 12.3. The lowest BCUT2D eigenvalue weighted by molar-refractivity contribution is -0.772. The number of nitrogens with one attached hydrogen (secondary N) is 1. The second-order valence-electron chi connectivity index (χ2n) is 4.68. The first-order valence-electron chi connectivity index (χ1n) is 6.76. The Labute approximate surface area is 136 Å². The Balaban J connectivity index is 2.11. The smallest absolute Gasteiger partial charge is 0.335 e. The molecule has 1 aromatic carbocycles. The molecule has 0 spiro atoms. The summed E-state index contributed by atoms with van der Waals surface area (Å²) in [7, 11) is 1.55. The Bertz CT molecular complexity index is 711. The van der Waals surface area contributed by atoms with Crippen LogP contribution in [0.1, 0.15) is 23.7 Å². The van der Waals surface area contributed by atoms with E-state index >= 15 is 0 Å². The normalized spacial score (nSPS) is 11.9. The van der Waals surface area contributed by atoms with Gasteiger partial charge in [0, 0.05) is 5.69 Å². The van der Waals surface area contributed by atoms with Gasteiger partial charge >= 0.3 is 5.97 Å². The molecule has 1 heterocycles. The molecule has 0 fully saturated rings. The molecule has 23 heavy (non-hydrogen) atoms. The number of carbonyl (C=O) groups excluding carboxylic acids is 1. The van der Waals surface area contributed by atoms with Crippen LogP contribution in [-0.2, 0) is 11.8 Å². The predicted octanol–water partition coefficient (Wildman–Crippen LogP) is 0.780. The Morgan fingerprint density at radius 3 is 2.83 bits per heavy atom. The maximum absolute atomic E-state index is 12.3. The third-order valence-electron chi connectivity index (χ3n) is 3.01. The summed E-state index contributed by atoms with van der Waals surface area (Å²) >= 11 is 1.05. The van der Waals surface area contributed by atoms with Crippen LogP contribution in [0.5, 0.6) is 5.95 Å². The molecule has 1 amide bonds. The number of carbonyl (C=O) groups is 2. The van der Waals surface area contributed by atoms with Gasteiger partial charge in [0.1, 0.15) is 0 Å². The number of aromatic carboxylic acids is 1. The van der Waals surface area contributed by atoms with Crippen LogP contribution in [0.15, 0.2) is 33.8 Å². The zero-order valence-electron chi connectivity index (χ0n) is 12.5. The van der Waals surface area contributed by atoms with E-state index in [9.17, 15) is 14.7 Å². The summed E-state index contributed by atoms with van der Waals surface area (Å²) in [6.07, 6.45) is 0.472. The fourth-order valence-corrected chi connectivity index (χ4v) is 2.76. The molecule has 2 aromatic rings. The highest BCUT2D eigenvalue weighted by atomic mass is 32.2. The standard InChI is InChI=1S/C14H15N3O5S/c1-3-10(23-12-14(21)22-16-17(12)2)11(18)15-9-6-4-5-8(7-9)13(19)20/h4-7,10H,3H2,1-2H3,(H2-,15,16,18,19,20,21). The summed E-state index contributed by atoms with van der Waals surface area (Å²) < 4.78 is 5.79. The van der Waals surface area contributed by atoms with E-state index in [1.807, 2.05) is 6.92 Å². The van der Waals surface area contributed by atoms with Crippen molar-refractivity contribution in [3.05, 3.63) is 29.8 Å². The van der Waals surface area contributed by atoms with E-state index in [-0.39, 0.29) is 16.5 Å². The highest BCUT2D eigenvalue weighted by molar-refractivity contribution is 8.00. The van der Waals surface area contributed by atoms with Gasteiger partial charge in [-0.15, -0.1) is 0 Å². The number of aromatic nitrogens is 2. The number of carboxylic acids is 1. The lowest BCUT2D eigenvalue weighted by Crippen LogP contribution is -2.34. The third-order valence-corrected chi connectivity index (χ3v) is 4.49. The number of hydrogen-bond acceptors (Lipinski definition) is 6. The van der Waals surface area contributed by atoms with Crippen LogP contribution >= 0.6 is 11.8 Å². The molecular weight excluding hydrogens is 322 g/mol. The number of aryl methyl sites for hydroxylation is 1. The predicted molar refractivity (Wildman–Crippen MR) is 79.1 cm³/mol. The molecule has 1 aromatic heterocycles. The number of benzene rings is 1. The zero-order chi connectivity index (χ0) is 17.0. The van der Waals surface area contributed by atoms with Gasteiger partial charge in [0.2, 0.25) is 5.91 Å². The molecule has 0 bridgehead atoms. The highest BCUT2D eigenvalue weighted by Gasteiger charge is 2.25. The lowest BCUT2D eigenvalue weighted by Gasteiger charge is -2.13. The van der Waals surface area contributed by atoms with Crippen molar-refractivity contribution in [1.82, 2.24) is 5.27 Å². The molecule has 1 atom stereocenters. The van der Waals surface area contributed by atoms with Crippen molar-refractivity contribution in [3.63, 3.8) is 0 Å². The quantitative estimate of drug-likeness (QED) is 0.590. The molecule has 0 aliphatic heterocycles. The number of nitrogens with zero attached hydrogens (tertiary/aromatic N) is 2. The first kappa shape index (κ1) is 16.8. The van der Waals surface area contributed by atoms with Crippen molar-refractivity contribution in [2.75, 3.05) is 5.32 Å². The van der Waals surface area contributed by atoms with Crippen LogP contribution in [0.3, 0.4) is 0 Å².